The second-order valence-corrected chi connectivity index (χ2v) is 5.97. The Labute approximate surface area is 121 Å². The van der Waals surface area contributed by atoms with Crippen LogP contribution in [-0.2, 0) is 11.3 Å². The third-order valence-corrected chi connectivity index (χ3v) is 4.21. The normalized spacial score (nSPS) is 18.8. The van der Waals surface area contributed by atoms with Crippen LogP contribution in [0.15, 0.2) is 22.7 Å². The van der Waals surface area contributed by atoms with Crippen LogP contribution < -0.4 is 5.32 Å². The van der Waals surface area contributed by atoms with E-state index in [-0.39, 0.29) is 0 Å². The Bertz CT molecular complexity index is 408. The second-order valence-electron chi connectivity index (χ2n) is 4.68. The standard InChI is InChI=1S/C13H17BrClNO2/c14-12-2-1-11(15)7-10(12)8-16-9-13(17)3-5-18-6-4-13/h1-2,7,16-17H,3-6,8-9H2. The maximum atomic E-state index is 10.3. The van der Waals surface area contributed by atoms with E-state index in [9.17, 15) is 5.11 Å². The highest BCUT2D eigenvalue weighted by Gasteiger charge is 2.29. The van der Waals surface area contributed by atoms with Gasteiger partial charge in [0.2, 0.25) is 0 Å². The van der Waals surface area contributed by atoms with Crippen molar-refractivity contribution < 1.29 is 9.84 Å². The summed E-state index contributed by atoms with van der Waals surface area (Å²) < 4.78 is 6.28. The summed E-state index contributed by atoms with van der Waals surface area (Å²) in [7, 11) is 0. The van der Waals surface area contributed by atoms with Crippen molar-refractivity contribution in [2.45, 2.75) is 25.0 Å². The van der Waals surface area contributed by atoms with Gasteiger partial charge in [0.25, 0.3) is 0 Å². The molecule has 1 aromatic carbocycles. The lowest BCUT2D eigenvalue weighted by Gasteiger charge is -2.32. The van der Waals surface area contributed by atoms with Crippen molar-refractivity contribution in [1.29, 1.82) is 0 Å². The molecule has 3 nitrogen and oxygen atoms in total. The van der Waals surface area contributed by atoms with Crippen LogP contribution in [0.5, 0.6) is 0 Å². The Kier molecular flexibility index (Phi) is 5.04. The fourth-order valence-corrected chi connectivity index (χ4v) is 2.62. The Morgan fingerprint density at radius 2 is 2.11 bits per heavy atom. The van der Waals surface area contributed by atoms with Crippen LogP contribution in [0.25, 0.3) is 0 Å². The lowest BCUT2D eigenvalue weighted by molar-refractivity contribution is -0.0617. The van der Waals surface area contributed by atoms with E-state index in [0.717, 1.165) is 15.1 Å². The van der Waals surface area contributed by atoms with Gasteiger partial charge in [0.1, 0.15) is 0 Å². The van der Waals surface area contributed by atoms with Crippen LogP contribution >= 0.6 is 27.5 Å². The van der Waals surface area contributed by atoms with E-state index in [1.54, 1.807) is 0 Å². The summed E-state index contributed by atoms with van der Waals surface area (Å²) in [4.78, 5) is 0. The number of ether oxygens (including phenoxy) is 1. The minimum atomic E-state index is -0.636. The first-order valence-corrected chi connectivity index (χ1v) is 7.21. The van der Waals surface area contributed by atoms with Gasteiger partial charge in [-0.3, -0.25) is 0 Å². The van der Waals surface area contributed by atoms with Gasteiger partial charge in [-0.1, -0.05) is 27.5 Å². The minimum absolute atomic E-state index is 0.579. The summed E-state index contributed by atoms with van der Waals surface area (Å²) in [6, 6.07) is 5.70. The predicted molar refractivity (Wildman–Crippen MR) is 75.9 cm³/mol. The van der Waals surface area contributed by atoms with E-state index >= 15 is 0 Å². The minimum Gasteiger partial charge on any atom is -0.388 e. The molecule has 1 heterocycles. The Morgan fingerprint density at radius 1 is 1.39 bits per heavy atom. The molecular weight excluding hydrogens is 318 g/mol. The van der Waals surface area contributed by atoms with Gasteiger partial charge in [-0.05, 0) is 23.8 Å². The summed E-state index contributed by atoms with van der Waals surface area (Å²) in [5.74, 6) is 0. The fourth-order valence-electron chi connectivity index (χ4n) is 2.04. The van der Waals surface area contributed by atoms with E-state index in [1.807, 2.05) is 18.2 Å². The molecule has 18 heavy (non-hydrogen) atoms. The summed E-state index contributed by atoms with van der Waals surface area (Å²) in [6.45, 7) is 2.54. The highest BCUT2D eigenvalue weighted by Crippen LogP contribution is 2.22. The molecule has 2 rings (SSSR count). The predicted octanol–water partition coefficient (Wildman–Crippen LogP) is 2.73. The van der Waals surface area contributed by atoms with Gasteiger partial charge < -0.3 is 15.2 Å². The molecule has 5 heteroatoms. The topological polar surface area (TPSA) is 41.5 Å². The second kappa shape index (κ2) is 6.35. The zero-order valence-electron chi connectivity index (χ0n) is 10.1. The van der Waals surface area contributed by atoms with Gasteiger partial charge in [0.05, 0.1) is 5.60 Å². The Morgan fingerprint density at radius 3 is 2.83 bits per heavy atom. The van der Waals surface area contributed by atoms with Crippen molar-refractivity contribution in [2.75, 3.05) is 19.8 Å². The molecule has 1 saturated heterocycles. The average molecular weight is 335 g/mol. The third-order valence-electron chi connectivity index (χ3n) is 3.20. The quantitative estimate of drug-likeness (QED) is 0.889. The van der Waals surface area contributed by atoms with Crippen LogP contribution in [0, 0.1) is 0 Å². The molecule has 0 aliphatic carbocycles. The van der Waals surface area contributed by atoms with Gasteiger partial charge in [0.15, 0.2) is 0 Å². The molecule has 100 valence electrons. The first-order chi connectivity index (χ1) is 8.59. The highest BCUT2D eigenvalue weighted by molar-refractivity contribution is 9.10. The zero-order valence-corrected chi connectivity index (χ0v) is 12.4. The number of nitrogens with one attached hydrogen (secondary N) is 1. The van der Waals surface area contributed by atoms with Crippen LogP contribution in [0.4, 0.5) is 0 Å². The molecule has 1 fully saturated rings. The number of rotatable bonds is 4. The highest BCUT2D eigenvalue weighted by atomic mass is 79.9. The molecule has 0 unspecified atom stereocenters. The first kappa shape index (κ1) is 14.3. The lowest BCUT2D eigenvalue weighted by atomic mass is 9.94. The van der Waals surface area contributed by atoms with Crippen molar-refractivity contribution in [3.05, 3.63) is 33.3 Å². The van der Waals surface area contributed by atoms with Gasteiger partial charge >= 0.3 is 0 Å². The smallest absolute Gasteiger partial charge is 0.0815 e. The average Bonchev–Trinajstić information content (AvgIpc) is 2.34. The molecule has 0 aromatic heterocycles. The number of benzene rings is 1. The van der Waals surface area contributed by atoms with Crippen LogP contribution in [-0.4, -0.2) is 30.5 Å². The molecule has 1 aliphatic rings. The van der Waals surface area contributed by atoms with Crippen LogP contribution in [0.2, 0.25) is 5.02 Å². The van der Waals surface area contributed by atoms with Crippen molar-refractivity contribution in [3.8, 4) is 0 Å². The third kappa shape index (κ3) is 3.93. The zero-order chi connectivity index (χ0) is 13.0. The molecule has 0 atom stereocenters. The molecule has 1 aromatic rings. The van der Waals surface area contributed by atoms with Crippen molar-refractivity contribution in [1.82, 2.24) is 5.32 Å². The molecule has 0 bridgehead atoms. The van der Waals surface area contributed by atoms with Crippen LogP contribution in [0.1, 0.15) is 18.4 Å². The molecule has 0 radical (unpaired) electrons. The van der Waals surface area contributed by atoms with Crippen molar-refractivity contribution in [3.63, 3.8) is 0 Å². The van der Waals surface area contributed by atoms with E-state index in [0.29, 0.717) is 39.1 Å². The molecule has 2 N–H and O–H groups in total. The van der Waals surface area contributed by atoms with Crippen LogP contribution in [0.3, 0.4) is 0 Å². The summed E-state index contributed by atoms with van der Waals surface area (Å²) in [5, 5.41) is 14.3. The first-order valence-electron chi connectivity index (χ1n) is 6.04. The van der Waals surface area contributed by atoms with Crippen molar-refractivity contribution in [2.24, 2.45) is 0 Å². The summed E-state index contributed by atoms with van der Waals surface area (Å²) >= 11 is 9.45. The molecule has 0 saturated carbocycles. The molecule has 0 spiro atoms. The molecule has 0 amide bonds. The number of halogens is 2. The number of hydrogen-bond donors (Lipinski definition) is 2. The van der Waals surface area contributed by atoms with E-state index in [4.69, 9.17) is 16.3 Å². The van der Waals surface area contributed by atoms with E-state index in [1.165, 1.54) is 0 Å². The van der Waals surface area contributed by atoms with Crippen molar-refractivity contribution >= 4 is 27.5 Å². The van der Waals surface area contributed by atoms with Gasteiger partial charge in [-0.2, -0.15) is 0 Å². The monoisotopic (exact) mass is 333 g/mol. The largest absolute Gasteiger partial charge is 0.388 e. The van der Waals surface area contributed by atoms with Gasteiger partial charge in [0, 0.05) is 48.6 Å². The fraction of sp³-hybridized carbons (Fsp3) is 0.538. The maximum Gasteiger partial charge on any atom is 0.0815 e. The van der Waals surface area contributed by atoms with Gasteiger partial charge in [-0.25, -0.2) is 0 Å². The lowest BCUT2D eigenvalue weighted by Crippen LogP contribution is -2.44. The number of aliphatic hydroxyl groups is 1. The van der Waals surface area contributed by atoms with E-state index in [2.05, 4.69) is 21.2 Å². The Balaban J connectivity index is 1.86. The van der Waals surface area contributed by atoms with Gasteiger partial charge in [-0.15, -0.1) is 0 Å². The molecular formula is C13H17BrClNO2. The maximum absolute atomic E-state index is 10.3. The van der Waals surface area contributed by atoms with E-state index < -0.39 is 5.60 Å². The summed E-state index contributed by atoms with van der Waals surface area (Å²) in [5.41, 5.74) is 0.460. The SMILES string of the molecule is OC1(CNCc2cc(Cl)ccc2Br)CCOCC1. The Hall–Kier alpha value is -0.130. The number of hydrogen-bond acceptors (Lipinski definition) is 3. The molecule has 1 aliphatic heterocycles. The summed E-state index contributed by atoms with van der Waals surface area (Å²) in [6.07, 6.45) is 1.38.